The van der Waals surface area contributed by atoms with Crippen molar-refractivity contribution in [1.29, 1.82) is 0 Å². The summed E-state index contributed by atoms with van der Waals surface area (Å²) in [7, 11) is -0.317. The van der Waals surface area contributed by atoms with Crippen molar-refractivity contribution in [2.45, 2.75) is 19.4 Å². The second-order valence-electron chi connectivity index (χ2n) is 7.09. The first kappa shape index (κ1) is 22.6. The van der Waals surface area contributed by atoms with Gasteiger partial charge in [0.1, 0.15) is 0 Å². The number of carbonyl (C=O) groups excluding carboxylic acids is 2. The first-order chi connectivity index (χ1) is 14.2. The number of benzene rings is 1. The molecule has 0 spiro atoms. The summed E-state index contributed by atoms with van der Waals surface area (Å²) in [5, 5.41) is 0. The zero-order valence-electron chi connectivity index (χ0n) is 17.2. The fourth-order valence-electron chi connectivity index (χ4n) is 3.42. The first-order valence-corrected chi connectivity index (χ1v) is 12.2. The van der Waals surface area contributed by atoms with Crippen LogP contribution in [-0.4, -0.2) is 69.3 Å². The molecule has 0 aliphatic carbocycles. The Morgan fingerprint density at radius 3 is 2.53 bits per heavy atom. The van der Waals surface area contributed by atoms with Crippen LogP contribution in [-0.2, 0) is 30.8 Å². The summed E-state index contributed by atoms with van der Waals surface area (Å²) in [6.45, 7) is 1.60. The third kappa shape index (κ3) is 4.97. The Morgan fingerprint density at radius 2 is 1.93 bits per heavy atom. The molecule has 164 valence electrons. The predicted octanol–water partition coefficient (Wildman–Crippen LogP) is 1.23. The summed E-state index contributed by atoms with van der Waals surface area (Å²) in [5.41, 5.74) is 1.28. The van der Waals surface area contributed by atoms with Gasteiger partial charge < -0.3 is 14.0 Å². The number of aromatic nitrogens is 1. The van der Waals surface area contributed by atoms with Crippen LogP contribution in [0.5, 0.6) is 0 Å². The van der Waals surface area contributed by atoms with E-state index in [1.807, 2.05) is 10.6 Å². The zero-order chi connectivity index (χ0) is 21.9. The second-order valence-corrected chi connectivity index (χ2v) is 10.1. The summed E-state index contributed by atoms with van der Waals surface area (Å²) < 4.78 is 37.4. The highest BCUT2D eigenvalue weighted by Gasteiger charge is 2.29. The van der Waals surface area contributed by atoms with E-state index in [4.69, 9.17) is 9.47 Å². The lowest BCUT2D eigenvalue weighted by Crippen LogP contribution is -2.39. The Morgan fingerprint density at radius 1 is 1.23 bits per heavy atom. The van der Waals surface area contributed by atoms with E-state index < -0.39 is 16.0 Å². The molecule has 1 amide bonds. The van der Waals surface area contributed by atoms with Crippen molar-refractivity contribution in [3.63, 3.8) is 0 Å². The number of piperidine rings is 1. The molecule has 2 heterocycles. The molecule has 0 saturated carbocycles. The van der Waals surface area contributed by atoms with Gasteiger partial charge in [-0.3, -0.25) is 4.79 Å². The topological polar surface area (TPSA) is 107 Å². The lowest BCUT2D eigenvalue weighted by Gasteiger charge is -2.28. The maximum Gasteiger partial charge on any atom is 0.337 e. The summed E-state index contributed by atoms with van der Waals surface area (Å²) in [4.78, 5) is 29.5. The van der Waals surface area contributed by atoms with E-state index in [1.54, 1.807) is 19.2 Å². The molecule has 0 atom stereocenters. The maximum absolute atomic E-state index is 12.8. The van der Waals surface area contributed by atoms with E-state index in [0.717, 1.165) is 10.2 Å². The average Bonchev–Trinajstić information content (AvgIpc) is 3.07. The van der Waals surface area contributed by atoms with Gasteiger partial charge in [0, 0.05) is 32.7 Å². The van der Waals surface area contributed by atoms with E-state index >= 15 is 0 Å². The molecule has 1 aromatic heterocycles. The molecule has 1 aliphatic rings. The number of esters is 1. The van der Waals surface area contributed by atoms with Gasteiger partial charge in [-0.15, -0.1) is 0 Å². The average molecular weight is 456 g/mol. The van der Waals surface area contributed by atoms with Crippen LogP contribution in [0.2, 0.25) is 0 Å². The number of methoxy groups -OCH3 is 2. The third-order valence-corrected chi connectivity index (χ3v) is 7.45. The Kier molecular flexibility index (Phi) is 7.06. The second kappa shape index (κ2) is 9.38. The zero-order valence-corrected chi connectivity index (χ0v) is 18.8. The van der Waals surface area contributed by atoms with Crippen molar-refractivity contribution in [2.24, 2.45) is 10.9 Å². The minimum Gasteiger partial charge on any atom is -0.465 e. The van der Waals surface area contributed by atoms with Gasteiger partial charge in [-0.2, -0.15) is 4.99 Å². The van der Waals surface area contributed by atoms with Crippen LogP contribution in [0.25, 0.3) is 10.2 Å². The first-order valence-electron chi connectivity index (χ1n) is 9.49. The number of carbonyl (C=O) groups is 2. The van der Waals surface area contributed by atoms with Crippen molar-refractivity contribution in [2.75, 3.05) is 40.2 Å². The van der Waals surface area contributed by atoms with Crippen LogP contribution in [0.3, 0.4) is 0 Å². The van der Waals surface area contributed by atoms with Crippen LogP contribution < -0.4 is 4.80 Å². The quantitative estimate of drug-likeness (QED) is 0.607. The van der Waals surface area contributed by atoms with Crippen molar-refractivity contribution >= 4 is 43.5 Å². The molecule has 0 bridgehead atoms. The summed E-state index contributed by atoms with van der Waals surface area (Å²) in [5.74, 6) is -0.996. The van der Waals surface area contributed by atoms with Gasteiger partial charge >= 0.3 is 5.97 Å². The number of ether oxygens (including phenoxy) is 2. The molecule has 1 saturated heterocycles. The molecular formula is C19H25N3O6S2. The van der Waals surface area contributed by atoms with E-state index in [2.05, 4.69) is 4.99 Å². The summed E-state index contributed by atoms with van der Waals surface area (Å²) in [6, 6.07) is 5.21. The van der Waals surface area contributed by atoms with E-state index in [0.29, 0.717) is 49.4 Å². The highest BCUT2D eigenvalue weighted by Crippen LogP contribution is 2.22. The Hall–Kier alpha value is -2.08. The minimum absolute atomic E-state index is 0.255. The van der Waals surface area contributed by atoms with Crippen molar-refractivity contribution in [1.82, 2.24) is 8.87 Å². The minimum atomic E-state index is -3.24. The van der Waals surface area contributed by atoms with Crippen LogP contribution >= 0.6 is 11.3 Å². The smallest absolute Gasteiger partial charge is 0.337 e. The number of hydrogen-bond donors (Lipinski definition) is 0. The van der Waals surface area contributed by atoms with E-state index in [1.165, 1.54) is 29.0 Å². The van der Waals surface area contributed by atoms with Gasteiger partial charge in [0.2, 0.25) is 10.0 Å². The number of hydrogen-bond acceptors (Lipinski definition) is 7. The number of amides is 1. The van der Waals surface area contributed by atoms with Crippen molar-refractivity contribution in [3.05, 3.63) is 28.6 Å². The standard InChI is InChI=1S/C19H25N3O6S2/c1-27-11-10-22-15-5-4-14(18(24)28-2)12-16(15)29-19(22)20-17(23)13-6-8-21(9-7-13)30(3,25)26/h4-5,12-13H,6-11H2,1-3H3. The van der Waals surface area contributed by atoms with Crippen molar-refractivity contribution in [3.8, 4) is 0 Å². The Balaban J connectivity index is 1.92. The summed E-state index contributed by atoms with van der Waals surface area (Å²) in [6.07, 6.45) is 2.08. The SMILES string of the molecule is COCCn1c(=NC(=O)C2CCN(S(C)(=O)=O)CC2)sc2cc(C(=O)OC)ccc21. The molecule has 0 N–H and O–H groups in total. The highest BCUT2D eigenvalue weighted by atomic mass is 32.2. The molecule has 3 rings (SSSR count). The number of fused-ring (bicyclic) bond motifs is 1. The number of nitrogens with zero attached hydrogens (tertiary/aromatic N) is 3. The fourth-order valence-corrected chi connectivity index (χ4v) is 5.40. The number of thiazole rings is 1. The van der Waals surface area contributed by atoms with Crippen molar-refractivity contribution < 1.29 is 27.5 Å². The van der Waals surface area contributed by atoms with E-state index in [-0.39, 0.29) is 11.8 Å². The Bertz CT molecular complexity index is 1110. The maximum atomic E-state index is 12.8. The molecule has 30 heavy (non-hydrogen) atoms. The molecule has 2 aromatic rings. The van der Waals surface area contributed by atoms with Gasteiger partial charge in [-0.25, -0.2) is 17.5 Å². The lowest BCUT2D eigenvalue weighted by atomic mass is 9.98. The van der Waals surface area contributed by atoms with Gasteiger partial charge in [0.15, 0.2) is 4.80 Å². The molecule has 1 aromatic carbocycles. The fraction of sp³-hybridized carbons (Fsp3) is 0.526. The molecule has 11 heteroatoms. The lowest BCUT2D eigenvalue weighted by molar-refractivity contribution is -0.122. The molecule has 0 radical (unpaired) electrons. The summed E-state index contributed by atoms with van der Waals surface area (Å²) >= 11 is 1.32. The monoisotopic (exact) mass is 455 g/mol. The third-order valence-electron chi connectivity index (χ3n) is 5.10. The number of sulfonamides is 1. The van der Waals surface area contributed by atoms with Gasteiger partial charge in [0.05, 0.1) is 35.8 Å². The molecule has 1 fully saturated rings. The van der Waals surface area contributed by atoms with Crippen LogP contribution in [0.4, 0.5) is 0 Å². The van der Waals surface area contributed by atoms with Crippen LogP contribution in [0.15, 0.2) is 23.2 Å². The predicted molar refractivity (Wildman–Crippen MR) is 113 cm³/mol. The highest BCUT2D eigenvalue weighted by molar-refractivity contribution is 7.88. The Labute approximate surface area is 179 Å². The van der Waals surface area contributed by atoms with Gasteiger partial charge in [-0.05, 0) is 31.0 Å². The van der Waals surface area contributed by atoms with Crippen LogP contribution in [0, 0.1) is 5.92 Å². The largest absolute Gasteiger partial charge is 0.465 e. The van der Waals surface area contributed by atoms with Gasteiger partial charge in [-0.1, -0.05) is 11.3 Å². The van der Waals surface area contributed by atoms with E-state index in [9.17, 15) is 18.0 Å². The van der Waals surface area contributed by atoms with Gasteiger partial charge in [0.25, 0.3) is 5.91 Å². The molecule has 0 unspecified atom stereocenters. The number of rotatable bonds is 6. The molecular weight excluding hydrogens is 430 g/mol. The van der Waals surface area contributed by atoms with Crippen LogP contribution in [0.1, 0.15) is 23.2 Å². The molecule has 9 nitrogen and oxygen atoms in total. The normalized spacial score (nSPS) is 16.8. The molecule has 1 aliphatic heterocycles.